The number of rotatable bonds is 3. The Hall–Kier alpha value is -2.83. The van der Waals surface area contributed by atoms with Gasteiger partial charge in [0.2, 0.25) is 5.82 Å². The van der Waals surface area contributed by atoms with Gasteiger partial charge in [0, 0.05) is 17.6 Å². The molecule has 3 aromatic rings. The van der Waals surface area contributed by atoms with Gasteiger partial charge in [0.05, 0.1) is 11.7 Å². The summed E-state index contributed by atoms with van der Waals surface area (Å²) in [5.41, 5.74) is 2.50. The number of hydrogen-bond donors (Lipinski definition) is 1. The van der Waals surface area contributed by atoms with E-state index in [-0.39, 0.29) is 17.8 Å². The van der Waals surface area contributed by atoms with Crippen molar-refractivity contribution in [1.29, 1.82) is 0 Å². The largest absolute Gasteiger partial charge is 0.341 e. The highest BCUT2D eigenvalue weighted by Gasteiger charge is 2.18. The zero-order valence-electron chi connectivity index (χ0n) is 12.6. The van der Waals surface area contributed by atoms with Gasteiger partial charge in [-0.25, -0.2) is 9.50 Å². The Balaban J connectivity index is 1.85. The highest BCUT2D eigenvalue weighted by Crippen LogP contribution is 2.10. The summed E-state index contributed by atoms with van der Waals surface area (Å²) >= 11 is 0. The van der Waals surface area contributed by atoms with Gasteiger partial charge in [0.15, 0.2) is 0 Å². The third-order valence-electron chi connectivity index (χ3n) is 3.30. The van der Waals surface area contributed by atoms with Gasteiger partial charge in [-0.05, 0) is 39.0 Å². The second-order valence-electron chi connectivity index (χ2n) is 5.14. The molecule has 1 amide bonds. The Kier molecular flexibility index (Phi) is 3.54. The van der Waals surface area contributed by atoms with E-state index in [2.05, 4.69) is 25.4 Å². The number of aromatic nitrogens is 5. The first-order valence-corrected chi connectivity index (χ1v) is 6.97. The number of amides is 1. The maximum Gasteiger partial charge on any atom is 0.291 e. The molecule has 0 aliphatic carbocycles. The minimum Gasteiger partial charge on any atom is -0.341 e. The van der Waals surface area contributed by atoms with Crippen LogP contribution in [0.15, 0.2) is 30.5 Å². The molecule has 0 aliphatic heterocycles. The molecule has 22 heavy (non-hydrogen) atoms. The van der Waals surface area contributed by atoms with Crippen LogP contribution in [0.25, 0.3) is 5.78 Å². The van der Waals surface area contributed by atoms with Crippen molar-refractivity contribution in [3.8, 4) is 0 Å². The van der Waals surface area contributed by atoms with Crippen molar-refractivity contribution in [2.24, 2.45) is 0 Å². The summed E-state index contributed by atoms with van der Waals surface area (Å²) in [6.45, 7) is 5.64. The highest BCUT2D eigenvalue weighted by atomic mass is 16.2. The van der Waals surface area contributed by atoms with E-state index in [1.54, 1.807) is 10.7 Å². The van der Waals surface area contributed by atoms with Crippen LogP contribution in [0.4, 0.5) is 0 Å². The van der Waals surface area contributed by atoms with Crippen LogP contribution >= 0.6 is 0 Å². The average molecular weight is 296 g/mol. The molecule has 0 radical (unpaired) electrons. The van der Waals surface area contributed by atoms with Crippen molar-refractivity contribution >= 4 is 11.7 Å². The first-order valence-electron chi connectivity index (χ1n) is 6.97. The van der Waals surface area contributed by atoms with E-state index in [1.165, 1.54) is 0 Å². The molecule has 0 saturated heterocycles. The summed E-state index contributed by atoms with van der Waals surface area (Å²) in [6.07, 6.45) is 1.69. The number of nitrogens with zero attached hydrogens (tertiary/aromatic N) is 5. The van der Waals surface area contributed by atoms with Gasteiger partial charge in [0.25, 0.3) is 11.7 Å². The summed E-state index contributed by atoms with van der Waals surface area (Å²) in [4.78, 5) is 25.0. The number of pyridine rings is 1. The molecule has 112 valence electrons. The lowest BCUT2D eigenvalue weighted by molar-refractivity contribution is 0.0929. The van der Waals surface area contributed by atoms with E-state index in [4.69, 9.17) is 0 Å². The van der Waals surface area contributed by atoms with Crippen molar-refractivity contribution in [2.75, 3.05) is 0 Å². The van der Waals surface area contributed by atoms with E-state index >= 15 is 0 Å². The molecule has 0 fully saturated rings. The van der Waals surface area contributed by atoms with Crippen molar-refractivity contribution in [3.05, 3.63) is 53.4 Å². The molecule has 1 N–H and O–H groups in total. The summed E-state index contributed by atoms with van der Waals surface area (Å²) in [5, 5.41) is 7.05. The fourth-order valence-electron chi connectivity index (χ4n) is 2.23. The van der Waals surface area contributed by atoms with Crippen LogP contribution in [-0.4, -0.2) is 30.5 Å². The van der Waals surface area contributed by atoms with Gasteiger partial charge in [0.1, 0.15) is 0 Å². The lowest BCUT2D eigenvalue weighted by Crippen LogP contribution is -2.28. The van der Waals surface area contributed by atoms with E-state index < -0.39 is 0 Å². The Bertz CT molecular complexity index is 827. The first kappa shape index (κ1) is 14.1. The molecule has 0 saturated carbocycles. The molecule has 7 heteroatoms. The topological polar surface area (TPSA) is 85.1 Å². The summed E-state index contributed by atoms with van der Waals surface area (Å²) in [5.74, 6) is 0.179. The number of nitrogens with one attached hydrogen (secondary N) is 1. The van der Waals surface area contributed by atoms with E-state index in [0.29, 0.717) is 5.78 Å². The maximum absolute atomic E-state index is 12.3. The summed E-state index contributed by atoms with van der Waals surface area (Å²) in [7, 11) is 0. The monoisotopic (exact) mass is 296 g/mol. The lowest BCUT2D eigenvalue weighted by Gasteiger charge is -2.11. The predicted octanol–water partition coefficient (Wildman–Crippen LogP) is 1.63. The van der Waals surface area contributed by atoms with Gasteiger partial charge >= 0.3 is 0 Å². The van der Waals surface area contributed by atoms with Crippen LogP contribution in [0.3, 0.4) is 0 Å². The number of aryl methyl sites for hydroxylation is 2. The van der Waals surface area contributed by atoms with Crippen LogP contribution in [0.2, 0.25) is 0 Å². The van der Waals surface area contributed by atoms with Crippen molar-refractivity contribution < 1.29 is 4.79 Å². The van der Waals surface area contributed by atoms with Gasteiger partial charge in [-0.3, -0.25) is 9.78 Å². The Morgan fingerprint density at radius 3 is 2.82 bits per heavy atom. The molecule has 7 nitrogen and oxygen atoms in total. The highest BCUT2D eigenvalue weighted by molar-refractivity contribution is 5.91. The van der Waals surface area contributed by atoms with Crippen LogP contribution in [0.1, 0.15) is 40.7 Å². The third-order valence-corrected chi connectivity index (χ3v) is 3.30. The Morgan fingerprint density at radius 2 is 2.09 bits per heavy atom. The fraction of sp³-hybridized carbons (Fsp3) is 0.267. The zero-order valence-corrected chi connectivity index (χ0v) is 12.6. The first-order chi connectivity index (χ1) is 10.5. The van der Waals surface area contributed by atoms with Crippen LogP contribution in [0.5, 0.6) is 0 Å². The molecular weight excluding hydrogens is 280 g/mol. The van der Waals surface area contributed by atoms with Crippen molar-refractivity contribution in [2.45, 2.75) is 26.8 Å². The molecule has 0 aliphatic rings. The molecule has 1 atom stereocenters. The second kappa shape index (κ2) is 5.51. The summed E-state index contributed by atoms with van der Waals surface area (Å²) in [6, 6.07) is 7.23. The van der Waals surface area contributed by atoms with E-state index in [1.807, 2.05) is 45.0 Å². The van der Waals surface area contributed by atoms with E-state index in [0.717, 1.165) is 17.1 Å². The zero-order chi connectivity index (χ0) is 15.7. The Labute approximate surface area is 127 Å². The maximum atomic E-state index is 12.3. The van der Waals surface area contributed by atoms with Crippen LogP contribution in [0, 0.1) is 13.8 Å². The Morgan fingerprint density at radius 1 is 1.27 bits per heavy atom. The quantitative estimate of drug-likeness (QED) is 0.794. The molecular formula is C15H16N6O. The number of carbonyl (C=O) groups excluding carboxylic acids is 1. The number of carbonyl (C=O) groups is 1. The summed E-state index contributed by atoms with van der Waals surface area (Å²) < 4.78 is 1.56. The normalized spacial score (nSPS) is 12.3. The predicted molar refractivity (Wildman–Crippen MR) is 80.4 cm³/mol. The SMILES string of the molecule is Cc1cc(C)n2nc(C(=O)N[C@H](C)c3ccccn3)nc2n1. The molecule has 0 spiro atoms. The van der Waals surface area contributed by atoms with Gasteiger partial charge in [-0.15, -0.1) is 5.10 Å². The fourth-order valence-corrected chi connectivity index (χ4v) is 2.23. The van der Waals surface area contributed by atoms with E-state index in [9.17, 15) is 4.79 Å². The number of hydrogen-bond acceptors (Lipinski definition) is 5. The molecule has 3 heterocycles. The average Bonchev–Trinajstić information content (AvgIpc) is 2.92. The smallest absolute Gasteiger partial charge is 0.291 e. The second-order valence-corrected chi connectivity index (χ2v) is 5.14. The van der Waals surface area contributed by atoms with Crippen molar-refractivity contribution in [3.63, 3.8) is 0 Å². The third kappa shape index (κ3) is 2.65. The lowest BCUT2D eigenvalue weighted by atomic mass is 10.2. The van der Waals surface area contributed by atoms with Crippen molar-refractivity contribution in [1.82, 2.24) is 29.9 Å². The molecule has 3 aromatic heterocycles. The number of fused-ring (bicyclic) bond motifs is 1. The van der Waals surface area contributed by atoms with Gasteiger partial charge < -0.3 is 5.32 Å². The van der Waals surface area contributed by atoms with Gasteiger partial charge in [-0.1, -0.05) is 6.07 Å². The minimum atomic E-state index is -0.347. The molecule has 0 bridgehead atoms. The molecule has 3 rings (SSSR count). The van der Waals surface area contributed by atoms with Crippen LogP contribution in [-0.2, 0) is 0 Å². The standard InChI is InChI=1S/C15H16N6O/c1-9-8-10(2)21-15(17-9)19-13(20-21)14(22)18-11(3)12-6-4-5-7-16-12/h4-8,11H,1-3H3,(H,18,22)/t11-/m1/s1. The van der Waals surface area contributed by atoms with Crippen LogP contribution < -0.4 is 5.32 Å². The molecule has 0 aromatic carbocycles. The van der Waals surface area contributed by atoms with Gasteiger partial charge in [-0.2, -0.15) is 4.98 Å². The minimum absolute atomic E-state index is 0.101. The molecule has 0 unspecified atom stereocenters.